The Bertz CT molecular complexity index is 465. The van der Waals surface area contributed by atoms with Gasteiger partial charge >= 0.3 is 0 Å². The van der Waals surface area contributed by atoms with E-state index in [1.165, 1.54) is 5.56 Å². The van der Waals surface area contributed by atoms with Crippen molar-refractivity contribution in [1.82, 2.24) is 9.97 Å². The molecule has 4 heteroatoms. The molecule has 1 heterocycles. The second kappa shape index (κ2) is 5.68. The van der Waals surface area contributed by atoms with Crippen molar-refractivity contribution in [2.75, 3.05) is 11.5 Å². The first kappa shape index (κ1) is 11.9. The molecule has 2 rings (SSSR count). The molecule has 0 saturated carbocycles. The summed E-state index contributed by atoms with van der Waals surface area (Å²) in [5, 5.41) is 0.762. The molecule has 0 aliphatic rings. The van der Waals surface area contributed by atoms with Crippen molar-refractivity contribution in [2.45, 2.75) is 18.5 Å². The molecule has 88 valence electrons. The van der Waals surface area contributed by atoms with Crippen molar-refractivity contribution < 1.29 is 0 Å². The summed E-state index contributed by atoms with van der Waals surface area (Å²) in [6.45, 7) is 1.93. The smallest absolute Gasteiger partial charge is 0.189 e. The molecular formula is C13H15N3S. The highest BCUT2D eigenvalue weighted by atomic mass is 32.2. The summed E-state index contributed by atoms with van der Waals surface area (Å²) < 4.78 is 0. The number of nitrogen functional groups attached to an aromatic ring is 1. The van der Waals surface area contributed by atoms with Crippen LogP contribution in [0.1, 0.15) is 11.3 Å². The molecule has 0 saturated heterocycles. The van der Waals surface area contributed by atoms with Crippen LogP contribution in [0.3, 0.4) is 0 Å². The third kappa shape index (κ3) is 3.75. The maximum atomic E-state index is 5.68. The minimum absolute atomic E-state index is 0.541. The minimum Gasteiger partial charge on any atom is -0.384 e. The van der Waals surface area contributed by atoms with E-state index < -0.39 is 0 Å². The van der Waals surface area contributed by atoms with Gasteiger partial charge in [0.05, 0.1) is 0 Å². The number of hydrogen-bond donors (Lipinski definition) is 1. The Kier molecular flexibility index (Phi) is 3.98. The third-order valence-electron chi connectivity index (χ3n) is 2.32. The summed E-state index contributed by atoms with van der Waals surface area (Å²) in [5.74, 6) is 1.51. The quantitative estimate of drug-likeness (QED) is 0.664. The molecule has 0 fully saturated rings. The minimum atomic E-state index is 0.541. The van der Waals surface area contributed by atoms with Gasteiger partial charge in [0, 0.05) is 17.5 Å². The van der Waals surface area contributed by atoms with Crippen LogP contribution in [0.4, 0.5) is 5.82 Å². The fourth-order valence-corrected chi connectivity index (χ4v) is 2.43. The molecule has 0 bridgehead atoms. The zero-order valence-electron chi connectivity index (χ0n) is 9.76. The van der Waals surface area contributed by atoms with Crippen LogP contribution < -0.4 is 5.73 Å². The molecule has 17 heavy (non-hydrogen) atoms. The largest absolute Gasteiger partial charge is 0.384 e. The van der Waals surface area contributed by atoms with Gasteiger partial charge in [0.1, 0.15) is 5.82 Å². The zero-order chi connectivity index (χ0) is 12.1. The van der Waals surface area contributed by atoms with Crippen LogP contribution in [-0.2, 0) is 6.42 Å². The molecule has 1 aromatic heterocycles. The Balaban J connectivity index is 1.90. The van der Waals surface area contributed by atoms with Crippen LogP contribution >= 0.6 is 11.8 Å². The van der Waals surface area contributed by atoms with Crippen LogP contribution in [0.15, 0.2) is 41.6 Å². The van der Waals surface area contributed by atoms with Crippen LogP contribution in [0, 0.1) is 6.92 Å². The Morgan fingerprint density at radius 1 is 1.18 bits per heavy atom. The fraction of sp³-hybridized carbons (Fsp3) is 0.231. The third-order valence-corrected chi connectivity index (χ3v) is 3.17. The van der Waals surface area contributed by atoms with Gasteiger partial charge in [-0.1, -0.05) is 42.1 Å². The molecule has 0 aliphatic heterocycles. The number of rotatable bonds is 4. The average Bonchev–Trinajstić information content (AvgIpc) is 2.29. The molecule has 0 spiro atoms. The number of anilines is 1. The summed E-state index contributed by atoms with van der Waals surface area (Å²) in [6.07, 6.45) is 1.02. The van der Waals surface area contributed by atoms with Gasteiger partial charge in [0.15, 0.2) is 5.16 Å². The van der Waals surface area contributed by atoms with Gasteiger partial charge in [-0.15, -0.1) is 0 Å². The Labute approximate surface area is 105 Å². The van der Waals surface area contributed by atoms with E-state index in [1.54, 1.807) is 17.8 Å². The van der Waals surface area contributed by atoms with Crippen molar-refractivity contribution in [3.63, 3.8) is 0 Å². The molecule has 0 unspecified atom stereocenters. The van der Waals surface area contributed by atoms with Gasteiger partial charge in [0.2, 0.25) is 0 Å². The SMILES string of the molecule is Cc1cc(N)nc(SCCc2ccccc2)n1. The molecular weight excluding hydrogens is 230 g/mol. The van der Waals surface area contributed by atoms with Crippen LogP contribution in [0.5, 0.6) is 0 Å². The molecule has 2 N–H and O–H groups in total. The maximum absolute atomic E-state index is 5.68. The first-order chi connectivity index (χ1) is 8.24. The summed E-state index contributed by atoms with van der Waals surface area (Å²) in [4.78, 5) is 8.53. The number of benzene rings is 1. The monoisotopic (exact) mass is 245 g/mol. The van der Waals surface area contributed by atoms with E-state index >= 15 is 0 Å². The van der Waals surface area contributed by atoms with E-state index in [1.807, 2.05) is 13.0 Å². The van der Waals surface area contributed by atoms with Crippen molar-refractivity contribution in [3.8, 4) is 0 Å². The summed E-state index contributed by atoms with van der Waals surface area (Å²) >= 11 is 1.64. The number of nitrogens with zero attached hydrogens (tertiary/aromatic N) is 2. The first-order valence-electron chi connectivity index (χ1n) is 5.52. The van der Waals surface area contributed by atoms with Crippen LogP contribution in [0.25, 0.3) is 0 Å². The molecule has 0 amide bonds. The molecule has 0 radical (unpaired) electrons. The van der Waals surface area contributed by atoms with E-state index in [2.05, 4.69) is 34.2 Å². The standard InChI is InChI=1S/C13H15N3S/c1-10-9-12(14)16-13(15-10)17-8-7-11-5-3-2-4-6-11/h2-6,9H,7-8H2,1H3,(H2,14,15,16). The highest BCUT2D eigenvalue weighted by Gasteiger charge is 2.01. The number of nitrogens with two attached hydrogens (primary N) is 1. The summed E-state index contributed by atoms with van der Waals surface area (Å²) in [7, 11) is 0. The Morgan fingerprint density at radius 3 is 2.65 bits per heavy atom. The summed E-state index contributed by atoms with van der Waals surface area (Å²) in [6, 6.07) is 12.2. The number of aromatic nitrogens is 2. The Morgan fingerprint density at radius 2 is 1.94 bits per heavy atom. The van der Waals surface area contributed by atoms with E-state index in [9.17, 15) is 0 Å². The Hall–Kier alpha value is -1.55. The lowest BCUT2D eigenvalue weighted by atomic mass is 10.2. The van der Waals surface area contributed by atoms with E-state index in [0.717, 1.165) is 23.0 Å². The zero-order valence-corrected chi connectivity index (χ0v) is 10.6. The molecule has 0 aliphatic carbocycles. The van der Waals surface area contributed by atoms with Gasteiger partial charge < -0.3 is 5.73 Å². The lowest BCUT2D eigenvalue weighted by molar-refractivity contribution is 0.938. The van der Waals surface area contributed by atoms with E-state index in [0.29, 0.717) is 5.82 Å². The fourth-order valence-electron chi connectivity index (χ4n) is 1.53. The average molecular weight is 245 g/mol. The molecule has 0 atom stereocenters. The molecule has 3 nitrogen and oxygen atoms in total. The second-order valence-corrected chi connectivity index (χ2v) is 4.86. The normalized spacial score (nSPS) is 10.4. The van der Waals surface area contributed by atoms with Crippen molar-refractivity contribution in [2.24, 2.45) is 0 Å². The second-order valence-electron chi connectivity index (χ2n) is 3.80. The van der Waals surface area contributed by atoms with Crippen LogP contribution in [0.2, 0.25) is 0 Å². The lowest BCUT2D eigenvalue weighted by Gasteiger charge is -2.03. The van der Waals surface area contributed by atoms with Gasteiger partial charge in [-0.2, -0.15) is 0 Å². The highest BCUT2D eigenvalue weighted by Crippen LogP contribution is 2.16. The van der Waals surface area contributed by atoms with Crippen LogP contribution in [-0.4, -0.2) is 15.7 Å². The first-order valence-corrected chi connectivity index (χ1v) is 6.50. The van der Waals surface area contributed by atoms with Crippen molar-refractivity contribution in [1.29, 1.82) is 0 Å². The predicted molar refractivity (Wildman–Crippen MR) is 72.1 cm³/mol. The number of aryl methyl sites for hydroxylation is 2. The van der Waals surface area contributed by atoms with E-state index in [4.69, 9.17) is 5.73 Å². The lowest BCUT2D eigenvalue weighted by Crippen LogP contribution is -1.97. The van der Waals surface area contributed by atoms with E-state index in [-0.39, 0.29) is 0 Å². The number of hydrogen-bond acceptors (Lipinski definition) is 4. The highest BCUT2D eigenvalue weighted by molar-refractivity contribution is 7.99. The van der Waals surface area contributed by atoms with Gasteiger partial charge in [-0.05, 0) is 18.9 Å². The topological polar surface area (TPSA) is 51.8 Å². The summed E-state index contributed by atoms with van der Waals surface area (Å²) in [5.41, 5.74) is 7.93. The van der Waals surface area contributed by atoms with Gasteiger partial charge in [-0.25, -0.2) is 9.97 Å². The maximum Gasteiger partial charge on any atom is 0.189 e. The van der Waals surface area contributed by atoms with Crippen molar-refractivity contribution >= 4 is 17.6 Å². The van der Waals surface area contributed by atoms with Crippen molar-refractivity contribution in [3.05, 3.63) is 47.7 Å². The van der Waals surface area contributed by atoms with Gasteiger partial charge in [-0.3, -0.25) is 0 Å². The molecule has 1 aromatic carbocycles. The predicted octanol–water partition coefficient (Wildman–Crippen LogP) is 2.70. The number of thioether (sulfide) groups is 1. The van der Waals surface area contributed by atoms with Gasteiger partial charge in [0.25, 0.3) is 0 Å². The molecule has 2 aromatic rings.